The van der Waals surface area contributed by atoms with Crippen molar-refractivity contribution in [3.05, 3.63) is 52.5 Å². The largest absolute Gasteiger partial charge is 0.486 e. The number of urea groups is 1. The minimum atomic E-state index is -0.506. The number of carbonyl (C=O) groups excluding carboxylic acids is 2. The summed E-state index contributed by atoms with van der Waals surface area (Å²) in [4.78, 5) is 23.7. The number of amides is 2. The van der Waals surface area contributed by atoms with Crippen LogP contribution in [0.3, 0.4) is 0 Å². The lowest BCUT2D eigenvalue weighted by Gasteiger charge is -2.19. The Morgan fingerprint density at radius 1 is 1.11 bits per heavy atom. The van der Waals surface area contributed by atoms with E-state index in [0.29, 0.717) is 42.5 Å². The summed E-state index contributed by atoms with van der Waals surface area (Å²) in [7, 11) is 1.29. The standard InChI is InChI=1S/C19H19ClN2O5/c1-25-18(23)13-3-4-14(20)15(11-13)22-19(24)21-7-6-12-2-5-16-17(10-12)27-9-8-26-16/h2-5,10-11H,6-9H2,1H3,(H2,21,22,24). The van der Waals surface area contributed by atoms with E-state index in [2.05, 4.69) is 15.4 Å². The minimum Gasteiger partial charge on any atom is -0.486 e. The molecule has 0 radical (unpaired) electrons. The molecule has 0 saturated carbocycles. The van der Waals surface area contributed by atoms with E-state index in [1.54, 1.807) is 0 Å². The number of benzene rings is 2. The monoisotopic (exact) mass is 390 g/mol. The van der Waals surface area contributed by atoms with E-state index in [9.17, 15) is 9.59 Å². The lowest BCUT2D eigenvalue weighted by Crippen LogP contribution is -2.30. The van der Waals surface area contributed by atoms with Gasteiger partial charge in [-0.05, 0) is 42.3 Å². The van der Waals surface area contributed by atoms with Crippen LogP contribution in [0.5, 0.6) is 11.5 Å². The summed E-state index contributed by atoms with van der Waals surface area (Å²) >= 11 is 6.07. The average Bonchev–Trinajstić information content (AvgIpc) is 2.69. The summed E-state index contributed by atoms with van der Waals surface area (Å²) < 4.78 is 15.7. The zero-order chi connectivity index (χ0) is 19.2. The first-order valence-electron chi connectivity index (χ1n) is 8.38. The number of ether oxygens (including phenoxy) is 3. The van der Waals surface area contributed by atoms with Crippen LogP contribution >= 0.6 is 11.6 Å². The molecular formula is C19H19ClN2O5. The predicted molar refractivity (Wildman–Crippen MR) is 101 cm³/mol. The lowest BCUT2D eigenvalue weighted by molar-refractivity contribution is 0.0600. The van der Waals surface area contributed by atoms with Crippen LogP contribution in [0.2, 0.25) is 5.02 Å². The quantitative estimate of drug-likeness (QED) is 0.765. The number of hydrogen-bond donors (Lipinski definition) is 2. The second-order valence-corrected chi connectivity index (χ2v) is 6.20. The number of nitrogens with one attached hydrogen (secondary N) is 2. The zero-order valence-corrected chi connectivity index (χ0v) is 15.5. The Hall–Kier alpha value is -2.93. The third-order valence-electron chi connectivity index (χ3n) is 3.94. The maximum Gasteiger partial charge on any atom is 0.337 e. The molecule has 142 valence electrons. The highest BCUT2D eigenvalue weighted by atomic mass is 35.5. The van der Waals surface area contributed by atoms with Gasteiger partial charge >= 0.3 is 12.0 Å². The minimum absolute atomic E-state index is 0.300. The number of rotatable bonds is 5. The first-order chi connectivity index (χ1) is 13.1. The summed E-state index contributed by atoms with van der Waals surface area (Å²) in [6.07, 6.45) is 0.625. The molecule has 0 saturated heterocycles. The van der Waals surface area contributed by atoms with Crippen LogP contribution in [0.15, 0.2) is 36.4 Å². The fourth-order valence-electron chi connectivity index (χ4n) is 2.60. The molecule has 1 aliphatic heterocycles. The molecule has 2 aromatic rings. The molecule has 1 heterocycles. The van der Waals surface area contributed by atoms with Crippen molar-refractivity contribution in [3.8, 4) is 11.5 Å². The van der Waals surface area contributed by atoms with E-state index in [0.717, 1.165) is 17.1 Å². The van der Waals surface area contributed by atoms with Crippen molar-refractivity contribution in [2.45, 2.75) is 6.42 Å². The molecule has 0 aromatic heterocycles. The van der Waals surface area contributed by atoms with Gasteiger partial charge in [0.05, 0.1) is 23.4 Å². The highest BCUT2D eigenvalue weighted by molar-refractivity contribution is 6.33. The molecule has 0 fully saturated rings. The molecule has 3 rings (SSSR count). The van der Waals surface area contributed by atoms with Gasteiger partial charge in [0.2, 0.25) is 0 Å². The molecule has 2 N–H and O–H groups in total. The topological polar surface area (TPSA) is 85.9 Å². The van der Waals surface area contributed by atoms with Crippen molar-refractivity contribution in [2.24, 2.45) is 0 Å². The molecule has 0 spiro atoms. The lowest BCUT2D eigenvalue weighted by atomic mass is 10.1. The van der Waals surface area contributed by atoms with E-state index in [1.165, 1.54) is 25.3 Å². The Morgan fingerprint density at radius 2 is 1.89 bits per heavy atom. The Bertz CT molecular complexity index is 856. The van der Waals surface area contributed by atoms with Gasteiger partial charge in [-0.1, -0.05) is 17.7 Å². The summed E-state index contributed by atoms with van der Waals surface area (Å²) in [5.74, 6) is 0.944. The number of hydrogen-bond acceptors (Lipinski definition) is 5. The molecule has 2 amide bonds. The third kappa shape index (κ3) is 4.83. The number of carbonyl (C=O) groups is 2. The number of anilines is 1. The van der Waals surface area contributed by atoms with Gasteiger partial charge in [-0.2, -0.15) is 0 Å². The molecule has 0 bridgehead atoms. The molecular weight excluding hydrogens is 372 g/mol. The maximum absolute atomic E-state index is 12.1. The summed E-state index contributed by atoms with van der Waals surface area (Å²) in [5, 5.41) is 5.71. The molecule has 0 atom stereocenters. The number of methoxy groups -OCH3 is 1. The van der Waals surface area contributed by atoms with Crippen molar-refractivity contribution < 1.29 is 23.8 Å². The van der Waals surface area contributed by atoms with Crippen LogP contribution in [-0.2, 0) is 11.2 Å². The van der Waals surface area contributed by atoms with Gasteiger partial charge in [-0.25, -0.2) is 9.59 Å². The predicted octanol–water partition coefficient (Wildman–Crippen LogP) is 3.26. The van der Waals surface area contributed by atoms with Crippen molar-refractivity contribution in [2.75, 3.05) is 32.2 Å². The Labute approximate surface area is 161 Å². The van der Waals surface area contributed by atoms with Gasteiger partial charge in [0.15, 0.2) is 11.5 Å². The van der Waals surface area contributed by atoms with E-state index in [-0.39, 0.29) is 0 Å². The first kappa shape index (κ1) is 18.8. The van der Waals surface area contributed by atoms with E-state index in [1.807, 2.05) is 18.2 Å². The number of esters is 1. The van der Waals surface area contributed by atoms with Crippen LogP contribution in [0.1, 0.15) is 15.9 Å². The first-order valence-corrected chi connectivity index (χ1v) is 8.76. The molecule has 2 aromatic carbocycles. The molecule has 7 nitrogen and oxygen atoms in total. The van der Waals surface area contributed by atoms with Crippen molar-refractivity contribution >= 4 is 29.3 Å². The molecule has 27 heavy (non-hydrogen) atoms. The van der Waals surface area contributed by atoms with Crippen LogP contribution in [0.4, 0.5) is 10.5 Å². The normalized spacial score (nSPS) is 12.2. The fraction of sp³-hybridized carbons (Fsp3) is 0.263. The Morgan fingerprint density at radius 3 is 2.67 bits per heavy atom. The molecule has 0 aliphatic carbocycles. The van der Waals surface area contributed by atoms with Gasteiger partial charge in [0.1, 0.15) is 13.2 Å². The van der Waals surface area contributed by atoms with Crippen LogP contribution in [0, 0.1) is 0 Å². The van der Waals surface area contributed by atoms with Gasteiger partial charge in [-0.3, -0.25) is 0 Å². The third-order valence-corrected chi connectivity index (χ3v) is 4.27. The summed E-state index contributed by atoms with van der Waals surface area (Å²) in [6.45, 7) is 1.50. The summed E-state index contributed by atoms with van der Waals surface area (Å²) in [6, 6.07) is 9.81. The van der Waals surface area contributed by atoms with Crippen LogP contribution in [-0.4, -0.2) is 38.9 Å². The van der Waals surface area contributed by atoms with Gasteiger partial charge in [0, 0.05) is 6.54 Å². The van der Waals surface area contributed by atoms with Crippen molar-refractivity contribution in [3.63, 3.8) is 0 Å². The van der Waals surface area contributed by atoms with E-state index in [4.69, 9.17) is 21.1 Å². The smallest absolute Gasteiger partial charge is 0.337 e. The maximum atomic E-state index is 12.1. The van der Waals surface area contributed by atoms with E-state index < -0.39 is 12.0 Å². The molecule has 8 heteroatoms. The Balaban J connectivity index is 1.53. The SMILES string of the molecule is COC(=O)c1ccc(Cl)c(NC(=O)NCCc2ccc3c(c2)OCCO3)c1. The fourth-order valence-corrected chi connectivity index (χ4v) is 2.76. The number of fused-ring (bicyclic) bond motifs is 1. The second-order valence-electron chi connectivity index (χ2n) is 5.80. The van der Waals surface area contributed by atoms with Crippen LogP contribution in [0.25, 0.3) is 0 Å². The van der Waals surface area contributed by atoms with Gasteiger partial charge in [-0.15, -0.1) is 0 Å². The molecule has 0 unspecified atom stereocenters. The van der Waals surface area contributed by atoms with Crippen LogP contribution < -0.4 is 20.1 Å². The highest BCUT2D eigenvalue weighted by Crippen LogP contribution is 2.30. The van der Waals surface area contributed by atoms with Gasteiger partial charge in [0.25, 0.3) is 0 Å². The summed E-state index contributed by atoms with van der Waals surface area (Å²) in [5.41, 5.74) is 1.65. The Kier molecular flexibility index (Phi) is 6.03. The second kappa shape index (κ2) is 8.64. The van der Waals surface area contributed by atoms with E-state index >= 15 is 0 Å². The number of halogens is 1. The molecule has 1 aliphatic rings. The zero-order valence-electron chi connectivity index (χ0n) is 14.7. The van der Waals surface area contributed by atoms with Gasteiger partial charge < -0.3 is 24.8 Å². The average molecular weight is 391 g/mol. The van der Waals surface area contributed by atoms with Crippen molar-refractivity contribution in [1.82, 2.24) is 5.32 Å². The van der Waals surface area contributed by atoms with Crippen molar-refractivity contribution in [1.29, 1.82) is 0 Å². The highest BCUT2D eigenvalue weighted by Gasteiger charge is 2.13.